The topological polar surface area (TPSA) is 39.2 Å². The predicted octanol–water partition coefficient (Wildman–Crippen LogP) is 2.16. The minimum Gasteiger partial charge on any atom is -0.373 e. The summed E-state index contributed by atoms with van der Waals surface area (Å²) >= 11 is 5.95. The molecule has 0 bridgehead atoms. The number of carbonyl (C=O) groups is 1. The Morgan fingerprint density at radius 3 is 3.14 bits per heavy atom. The molecule has 2 rings (SSSR count). The van der Waals surface area contributed by atoms with Gasteiger partial charge >= 0.3 is 0 Å². The van der Waals surface area contributed by atoms with Crippen molar-refractivity contribution in [2.24, 2.45) is 0 Å². The molecule has 1 aromatic rings. The van der Waals surface area contributed by atoms with Gasteiger partial charge in [0.15, 0.2) is 0 Å². The predicted molar refractivity (Wildman–Crippen MR) is 52.2 cm³/mol. The Kier molecular flexibility index (Phi) is 2.79. The molecule has 0 aromatic carbocycles. The molecule has 1 aromatic heterocycles. The number of rotatable bonds is 1. The monoisotopic (exact) mass is 211 g/mol. The minimum absolute atomic E-state index is 0.188. The molecular weight excluding hydrogens is 202 g/mol. The number of ether oxygens (including phenoxy) is 1. The van der Waals surface area contributed by atoms with Crippen molar-refractivity contribution in [3.05, 3.63) is 29.0 Å². The molecule has 1 aliphatic heterocycles. The van der Waals surface area contributed by atoms with Gasteiger partial charge in [0.1, 0.15) is 5.78 Å². The molecule has 1 saturated heterocycles. The number of aromatic nitrogens is 1. The lowest BCUT2D eigenvalue weighted by Gasteiger charge is -2.22. The smallest absolute Gasteiger partial charge is 0.138 e. The van der Waals surface area contributed by atoms with Crippen LogP contribution in [0.1, 0.15) is 24.5 Å². The van der Waals surface area contributed by atoms with E-state index in [0.29, 0.717) is 24.5 Å². The SMILES string of the molecule is O=C1CCOC(c2ccncc2Cl)C1. The van der Waals surface area contributed by atoms with Crippen LogP contribution in [0.25, 0.3) is 0 Å². The first kappa shape index (κ1) is 9.62. The highest BCUT2D eigenvalue weighted by molar-refractivity contribution is 6.31. The number of hydrogen-bond acceptors (Lipinski definition) is 3. The van der Waals surface area contributed by atoms with Gasteiger partial charge in [-0.3, -0.25) is 9.78 Å². The lowest BCUT2D eigenvalue weighted by atomic mass is 10.0. The largest absolute Gasteiger partial charge is 0.373 e. The molecule has 0 aliphatic carbocycles. The molecule has 0 radical (unpaired) electrons. The van der Waals surface area contributed by atoms with Crippen molar-refractivity contribution in [3.63, 3.8) is 0 Å². The van der Waals surface area contributed by atoms with Crippen LogP contribution in [0.5, 0.6) is 0 Å². The van der Waals surface area contributed by atoms with Crippen LogP contribution in [0, 0.1) is 0 Å². The molecule has 0 spiro atoms. The summed E-state index contributed by atoms with van der Waals surface area (Å²) in [5.41, 5.74) is 0.856. The summed E-state index contributed by atoms with van der Waals surface area (Å²) in [6.07, 6.45) is 3.97. The second-order valence-electron chi connectivity index (χ2n) is 3.25. The Balaban J connectivity index is 2.22. The average molecular weight is 212 g/mol. The van der Waals surface area contributed by atoms with E-state index < -0.39 is 0 Å². The number of nitrogens with zero attached hydrogens (tertiary/aromatic N) is 1. The van der Waals surface area contributed by atoms with Crippen molar-refractivity contribution in [2.45, 2.75) is 18.9 Å². The maximum Gasteiger partial charge on any atom is 0.138 e. The van der Waals surface area contributed by atoms with Crippen LogP contribution < -0.4 is 0 Å². The number of Topliss-reactive ketones (excluding diaryl/α,β-unsaturated/α-hetero) is 1. The highest BCUT2D eigenvalue weighted by atomic mass is 35.5. The van der Waals surface area contributed by atoms with Gasteiger partial charge < -0.3 is 4.74 Å². The summed E-state index contributed by atoms with van der Waals surface area (Å²) in [5.74, 6) is 0.231. The molecule has 1 unspecified atom stereocenters. The van der Waals surface area contributed by atoms with Crippen molar-refractivity contribution in [1.82, 2.24) is 4.98 Å². The second kappa shape index (κ2) is 4.07. The Labute approximate surface area is 87.0 Å². The van der Waals surface area contributed by atoms with Gasteiger partial charge in [0.25, 0.3) is 0 Å². The molecule has 1 fully saturated rings. The van der Waals surface area contributed by atoms with E-state index in [4.69, 9.17) is 16.3 Å². The molecule has 0 N–H and O–H groups in total. The fourth-order valence-corrected chi connectivity index (χ4v) is 1.77. The molecule has 14 heavy (non-hydrogen) atoms. The normalized spacial score (nSPS) is 22.4. The Hall–Kier alpha value is -0.930. The van der Waals surface area contributed by atoms with Gasteiger partial charge in [-0.1, -0.05) is 11.6 Å². The first-order chi connectivity index (χ1) is 6.77. The van der Waals surface area contributed by atoms with Crippen LogP contribution in [-0.4, -0.2) is 17.4 Å². The van der Waals surface area contributed by atoms with Gasteiger partial charge in [-0.25, -0.2) is 0 Å². The van der Waals surface area contributed by atoms with Crippen LogP contribution in [0.3, 0.4) is 0 Å². The third kappa shape index (κ3) is 1.94. The first-order valence-corrected chi connectivity index (χ1v) is 4.88. The van der Waals surface area contributed by atoms with E-state index in [-0.39, 0.29) is 11.9 Å². The van der Waals surface area contributed by atoms with Crippen molar-refractivity contribution in [1.29, 1.82) is 0 Å². The first-order valence-electron chi connectivity index (χ1n) is 4.50. The van der Waals surface area contributed by atoms with Gasteiger partial charge in [-0.2, -0.15) is 0 Å². The zero-order chi connectivity index (χ0) is 9.97. The lowest BCUT2D eigenvalue weighted by molar-refractivity contribution is -0.128. The van der Waals surface area contributed by atoms with Crippen LogP contribution in [-0.2, 0) is 9.53 Å². The molecule has 0 saturated carbocycles. The third-order valence-electron chi connectivity index (χ3n) is 2.26. The molecule has 1 aliphatic rings. The van der Waals surface area contributed by atoms with E-state index in [1.165, 1.54) is 0 Å². The summed E-state index contributed by atoms with van der Waals surface area (Å²) < 4.78 is 5.48. The van der Waals surface area contributed by atoms with E-state index in [1.807, 2.05) is 0 Å². The Morgan fingerprint density at radius 2 is 2.43 bits per heavy atom. The standard InChI is InChI=1S/C10H10ClNO2/c11-9-6-12-3-1-8(9)10-5-7(13)2-4-14-10/h1,3,6,10H,2,4-5H2. The lowest BCUT2D eigenvalue weighted by Crippen LogP contribution is -2.19. The van der Waals surface area contributed by atoms with E-state index in [1.54, 1.807) is 18.5 Å². The average Bonchev–Trinajstić information content (AvgIpc) is 2.18. The van der Waals surface area contributed by atoms with Gasteiger partial charge in [-0.05, 0) is 6.07 Å². The van der Waals surface area contributed by atoms with Gasteiger partial charge in [0.2, 0.25) is 0 Å². The maximum atomic E-state index is 11.2. The summed E-state index contributed by atoms with van der Waals surface area (Å²) in [5, 5.41) is 0.562. The van der Waals surface area contributed by atoms with Crippen molar-refractivity contribution in [3.8, 4) is 0 Å². The van der Waals surface area contributed by atoms with E-state index in [0.717, 1.165) is 5.56 Å². The number of pyridine rings is 1. The molecule has 74 valence electrons. The van der Waals surface area contributed by atoms with Crippen molar-refractivity contribution < 1.29 is 9.53 Å². The van der Waals surface area contributed by atoms with E-state index in [2.05, 4.69) is 4.98 Å². The molecule has 3 nitrogen and oxygen atoms in total. The van der Waals surface area contributed by atoms with Crippen molar-refractivity contribution >= 4 is 17.4 Å². The van der Waals surface area contributed by atoms with Gasteiger partial charge in [0.05, 0.1) is 17.7 Å². The summed E-state index contributed by atoms with van der Waals surface area (Å²) in [6.45, 7) is 0.488. The van der Waals surface area contributed by atoms with E-state index >= 15 is 0 Å². The molecule has 4 heteroatoms. The van der Waals surface area contributed by atoms with E-state index in [9.17, 15) is 4.79 Å². The summed E-state index contributed by atoms with van der Waals surface area (Å²) in [4.78, 5) is 15.1. The summed E-state index contributed by atoms with van der Waals surface area (Å²) in [7, 11) is 0. The number of ketones is 1. The number of hydrogen-bond donors (Lipinski definition) is 0. The highest BCUT2D eigenvalue weighted by Gasteiger charge is 2.23. The van der Waals surface area contributed by atoms with Crippen LogP contribution in [0.2, 0.25) is 5.02 Å². The quantitative estimate of drug-likeness (QED) is 0.715. The Bertz CT molecular complexity index is 354. The fraction of sp³-hybridized carbons (Fsp3) is 0.400. The molecule has 0 amide bonds. The summed E-state index contributed by atoms with van der Waals surface area (Å²) in [6, 6.07) is 1.80. The van der Waals surface area contributed by atoms with Crippen LogP contribution in [0.15, 0.2) is 18.5 Å². The van der Waals surface area contributed by atoms with Gasteiger partial charge in [0, 0.05) is 30.8 Å². The zero-order valence-corrected chi connectivity index (χ0v) is 8.33. The molecular formula is C10H10ClNO2. The molecule has 1 atom stereocenters. The third-order valence-corrected chi connectivity index (χ3v) is 2.58. The maximum absolute atomic E-state index is 11.2. The molecule has 2 heterocycles. The highest BCUT2D eigenvalue weighted by Crippen LogP contribution is 2.30. The number of carbonyl (C=O) groups excluding carboxylic acids is 1. The fourth-order valence-electron chi connectivity index (χ4n) is 1.53. The minimum atomic E-state index is -0.188. The zero-order valence-electron chi connectivity index (χ0n) is 7.57. The Morgan fingerprint density at radius 1 is 1.57 bits per heavy atom. The second-order valence-corrected chi connectivity index (χ2v) is 3.66. The van der Waals surface area contributed by atoms with Gasteiger partial charge in [-0.15, -0.1) is 0 Å². The van der Waals surface area contributed by atoms with Crippen molar-refractivity contribution in [2.75, 3.05) is 6.61 Å². The van der Waals surface area contributed by atoms with Crippen LogP contribution in [0.4, 0.5) is 0 Å². The number of halogens is 1. The van der Waals surface area contributed by atoms with Crippen LogP contribution >= 0.6 is 11.6 Å².